The van der Waals surface area contributed by atoms with Crippen LogP contribution in [0.25, 0.3) is 11.5 Å². The van der Waals surface area contributed by atoms with Crippen molar-refractivity contribution in [1.29, 1.82) is 0 Å². The van der Waals surface area contributed by atoms with Gasteiger partial charge in [-0.3, -0.25) is 19.7 Å². The minimum Gasteiger partial charge on any atom is -0.441 e. The molecule has 1 unspecified atom stereocenters. The Balaban J connectivity index is 1.46. The number of aryl methyl sites for hydroxylation is 1. The van der Waals surface area contributed by atoms with Gasteiger partial charge in [0.15, 0.2) is 0 Å². The average molecular weight is 451 g/mol. The number of benzene rings is 2. The van der Waals surface area contributed by atoms with Crippen LogP contribution in [0.1, 0.15) is 30.9 Å². The van der Waals surface area contributed by atoms with Crippen molar-refractivity contribution in [1.82, 2.24) is 10.3 Å². The van der Waals surface area contributed by atoms with E-state index in [0.717, 1.165) is 22.9 Å². The summed E-state index contributed by atoms with van der Waals surface area (Å²) < 4.78 is 11.4. The number of imide groups is 1. The van der Waals surface area contributed by atoms with Crippen molar-refractivity contribution >= 4 is 28.9 Å². The van der Waals surface area contributed by atoms with E-state index in [1.807, 2.05) is 30.3 Å². The summed E-state index contributed by atoms with van der Waals surface area (Å²) in [5.41, 5.74) is 1.19. The van der Waals surface area contributed by atoms with Crippen LogP contribution in [0.3, 0.4) is 0 Å². The van der Waals surface area contributed by atoms with Gasteiger partial charge in [-0.2, -0.15) is 0 Å². The lowest BCUT2D eigenvalue weighted by Gasteiger charge is -2.20. The largest absolute Gasteiger partial charge is 0.441 e. The van der Waals surface area contributed by atoms with Gasteiger partial charge in [-0.25, -0.2) is 4.98 Å². The van der Waals surface area contributed by atoms with E-state index < -0.39 is 16.6 Å². The summed E-state index contributed by atoms with van der Waals surface area (Å²) in [6.45, 7) is 5.27. The molecule has 1 atom stereocenters. The van der Waals surface area contributed by atoms with Crippen LogP contribution in [0.5, 0.6) is 5.75 Å². The topological polar surface area (TPSA) is 98.5 Å². The summed E-state index contributed by atoms with van der Waals surface area (Å²) in [5, 5.41) is 1.51. The van der Waals surface area contributed by atoms with Gasteiger partial charge < -0.3 is 9.15 Å². The fourth-order valence-corrected chi connectivity index (χ4v) is 4.31. The zero-order valence-electron chi connectivity index (χ0n) is 17.9. The molecular weight excluding hydrogens is 428 g/mol. The normalized spacial score (nSPS) is 16.2. The predicted molar refractivity (Wildman–Crippen MR) is 120 cm³/mol. The minimum absolute atomic E-state index is 0.282. The Kier molecular flexibility index (Phi) is 5.88. The number of ether oxygens (including phenoxy) is 1. The highest BCUT2D eigenvalue weighted by atomic mass is 32.2. The standard InChI is InChI=1S/C24H22N2O5S/c1-14-19(25-21(30-14)16-7-5-4-6-8-16)24(2,3)22(28)31-17-11-9-15(10-12-17)13-18-20(27)26-23(29)32-18/h4-12,18H,13H2,1-3H3,(H,26,27,29). The molecule has 2 heterocycles. The van der Waals surface area contributed by atoms with Crippen LogP contribution in [0.2, 0.25) is 0 Å². The van der Waals surface area contributed by atoms with Gasteiger partial charge in [0.25, 0.3) is 5.24 Å². The van der Waals surface area contributed by atoms with E-state index in [0.29, 0.717) is 29.5 Å². The summed E-state index contributed by atoms with van der Waals surface area (Å²) in [6, 6.07) is 16.4. The molecule has 1 aliphatic heterocycles. The first-order valence-corrected chi connectivity index (χ1v) is 11.0. The van der Waals surface area contributed by atoms with Crippen LogP contribution in [-0.2, 0) is 21.4 Å². The van der Waals surface area contributed by atoms with Gasteiger partial charge in [0, 0.05) is 5.56 Å². The van der Waals surface area contributed by atoms with Gasteiger partial charge in [-0.05, 0) is 57.0 Å². The van der Waals surface area contributed by atoms with Crippen molar-refractivity contribution in [2.75, 3.05) is 0 Å². The zero-order chi connectivity index (χ0) is 22.9. The van der Waals surface area contributed by atoms with E-state index >= 15 is 0 Å². The molecule has 1 saturated heterocycles. The summed E-state index contributed by atoms with van der Waals surface area (Å²) in [5.74, 6) is 0.655. The molecule has 1 fully saturated rings. The Labute approximate surface area is 189 Å². The van der Waals surface area contributed by atoms with Crippen LogP contribution in [0.4, 0.5) is 4.79 Å². The Morgan fingerprint density at radius 1 is 1.12 bits per heavy atom. The molecule has 0 aliphatic carbocycles. The molecule has 32 heavy (non-hydrogen) atoms. The zero-order valence-corrected chi connectivity index (χ0v) is 18.7. The van der Waals surface area contributed by atoms with Crippen molar-refractivity contribution in [2.45, 2.75) is 37.9 Å². The Morgan fingerprint density at radius 2 is 1.81 bits per heavy atom. The van der Waals surface area contributed by atoms with Crippen LogP contribution in [0.15, 0.2) is 59.0 Å². The minimum atomic E-state index is -1.03. The number of hydrogen-bond acceptors (Lipinski definition) is 7. The third-order valence-electron chi connectivity index (χ3n) is 5.24. The molecule has 2 aromatic carbocycles. The third kappa shape index (κ3) is 4.45. The predicted octanol–water partition coefficient (Wildman–Crippen LogP) is 4.43. The maximum Gasteiger partial charge on any atom is 0.323 e. The number of nitrogens with zero attached hydrogens (tertiary/aromatic N) is 1. The van der Waals surface area contributed by atoms with Crippen molar-refractivity contribution in [3.05, 3.63) is 71.6 Å². The number of carbonyl (C=O) groups is 3. The van der Waals surface area contributed by atoms with Crippen LogP contribution < -0.4 is 10.1 Å². The number of aromatic nitrogens is 1. The summed E-state index contributed by atoms with van der Waals surface area (Å²) in [7, 11) is 0. The van der Waals surface area contributed by atoms with Crippen LogP contribution in [-0.4, -0.2) is 27.3 Å². The number of nitrogens with one attached hydrogen (secondary N) is 1. The van der Waals surface area contributed by atoms with Crippen molar-refractivity contribution in [2.24, 2.45) is 0 Å². The third-order valence-corrected chi connectivity index (χ3v) is 6.22. The maximum atomic E-state index is 13.0. The van der Waals surface area contributed by atoms with Gasteiger partial charge in [0.1, 0.15) is 16.9 Å². The molecule has 1 aromatic heterocycles. The fraction of sp³-hybridized carbons (Fsp3) is 0.250. The summed E-state index contributed by atoms with van der Waals surface area (Å²) in [6.07, 6.45) is 0.419. The van der Waals surface area contributed by atoms with Crippen LogP contribution in [0, 0.1) is 6.92 Å². The Bertz CT molecular complexity index is 1170. The second-order valence-corrected chi connectivity index (χ2v) is 9.21. The fourth-order valence-electron chi connectivity index (χ4n) is 3.45. The molecule has 164 valence electrons. The van der Waals surface area contributed by atoms with E-state index in [2.05, 4.69) is 10.3 Å². The van der Waals surface area contributed by atoms with Gasteiger partial charge in [-0.15, -0.1) is 0 Å². The van der Waals surface area contributed by atoms with Gasteiger partial charge >= 0.3 is 5.97 Å². The number of oxazole rings is 1. The van der Waals surface area contributed by atoms with Crippen molar-refractivity contribution in [3.8, 4) is 17.2 Å². The van der Waals surface area contributed by atoms with Crippen molar-refractivity contribution in [3.63, 3.8) is 0 Å². The molecule has 3 aromatic rings. The van der Waals surface area contributed by atoms with Gasteiger partial charge in [0.2, 0.25) is 11.8 Å². The molecule has 0 spiro atoms. The summed E-state index contributed by atoms with van der Waals surface area (Å²) in [4.78, 5) is 40.6. The maximum absolute atomic E-state index is 13.0. The lowest BCUT2D eigenvalue weighted by Crippen LogP contribution is -2.34. The number of thioether (sulfide) groups is 1. The number of rotatable bonds is 6. The van der Waals surface area contributed by atoms with Crippen LogP contribution >= 0.6 is 11.8 Å². The molecule has 4 rings (SSSR count). The van der Waals surface area contributed by atoms with Crippen molar-refractivity contribution < 1.29 is 23.5 Å². The molecular formula is C24H22N2O5S. The Morgan fingerprint density at radius 3 is 2.44 bits per heavy atom. The second kappa shape index (κ2) is 8.63. The first kappa shape index (κ1) is 21.8. The lowest BCUT2D eigenvalue weighted by molar-refractivity contribution is -0.139. The first-order valence-electron chi connectivity index (χ1n) is 10.1. The lowest BCUT2D eigenvalue weighted by atomic mass is 9.88. The number of esters is 1. The van der Waals surface area contributed by atoms with E-state index in [9.17, 15) is 14.4 Å². The van der Waals surface area contributed by atoms with Gasteiger partial charge in [-0.1, -0.05) is 42.1 Å². The van der Waals surface area contributed by atoms with Gasteiger partial charge in [0.05, 0.1) is 10.9 Å². The molecule has 0 saturated carbocycles. The second-order valence-electron chi connectivity index (χ2n) is 8.04. The van der Waals surface area contributed by atoms with E-state index in [-0.39, 0.29) is 11.1 Å². The average Bonchev–Trinajstić information content (AvgIpc) is 3.31. The molecule has 8 heteroatoms. The SMILES string of the molecule is Cc1oc(-c2ccccc2)nc1C(C)(C)C(=O)Oc1ccc(CC2SC(=O)NC2=O)cc1. The smallest absolute Gasteiger partial charge is 0.323 e. The number of carbonyl (C=O) groups excluding carboxylic acids is 3. The molecule has 1 N–H and O–H groups in total. The molecule has 2 amide bonds. The number of hydrogen-bond donors (Lipinski definition) is 1. The Hall–Kier alpha value is -3.39. The highest BCUT2D eigenvalue weighted by Gasteiger charge is 2.37. The molecule has 0 bridgehead atoms. The quantitative estimate of drug-likeness (QED) is 0.438. The molecule has 1 aliphatic rings. The molecule has 0 radical (unpaired) electrons. The number of amides is 2. The highest BCUT2D eigenvalue weighted by Crippen LogP contribution is 2.32. The van der Waals surface area contributed by atoms with E-state index in [1.54, 1.807) is 45.0 Å². The molecule has 7 nitrogen and oxygen atoms in total. The summed E-state index contributed by atoms with van der Waals surface area (Å²) >= 11 is 0.985. The first-order chi connectivity index (χ1) is 15.2. The van der Waals surface area contributed by atoms with E-state index in [1.165, 1.54) is 0 Å². The highest BCUT2D eigenvalue weighted by molar-refractivity contribution is 8.15. The van der Waals surface area contributed by atoms with E-state index in [4.69, 9.17) is 9.15 Å². The monoisotopic (exact) mass is 450 g/mol.